The molecule has 0 amide bonds. The molecule has 0 bridgehead atoms. The predicted octanol–water partition coefficient (Wildman–Crippen LogP) is 1.96. The average Bonchev–Trinajstić information content (AvgIpc) is 2.29. The van der Waals surface area contributed by atoms with Crippen molar-refractivity contribution in [2.24, 2.45) is 0 Å². The van der Waals surface area contributed by atoms with Crippen molar-refractivity contribution < 1.29 is 0 Å². The maximum Gasteiger partial charge on any atom is 0.266 e. The summed E-state index contributed by atoms with van der Waals surface area (Å²) in [7, 11) is 0. The number of aromatic amines is 1. The number of H-pyrrole nitrogens is 1. The summed E-state index contributed by atoms with van der Waals surface area (Å²) >= 11 is 2.02. The molecule has 1 saturated heterocycles. The predicted molar refractivity (Wildman–Crippen MR) is 75.8 cm³/mol. The van der Waals surface area contributed by atoms with Crippen LogP contribution < -0.4 is 11.0 Å². The third kappa shape index (κ3) is 2.79. The Kier molecular flexibility index (Phi) is 4.03. The Bertz CT molecular complexity index is 437. The van der Waals surface area contributed by atoms with Crippen LogP contribution in [0.15, 0.2) is 11.1 Å². The molecule has 2 unspecified atom stereocenters. The van der Waals surface area contributed by atoms with Crippen molar-refractivity contribution in [1.82, 2.24) is 15.0 Å². The zero-order valence-corrected chi connectivity index (χ0v) is 12.2. The third-order valence-corrected chi connectivity index (χ3v) is 4.23. The van der Waals surface area contributed by atoms with Gasteiger partial charge in [0, 0.05) is 12.1 Å². The lowest BCUT2D eigenvalue weighted by Crippen LogP contribution is -2.47. The van der Waals surface area contributed by atoms with Crippen molar-refractivity contribution in [2.75, 3.05) is 5.43 Å². The fourth-order valence-electron chi connectivity index (χ4n) is 2.22. The Labute approximate surface area is 114 Å². The van der Waals surface area contributed by atoms with Gasteiger partial charge < -0.3 is 10.4 Å². The number of nitrogens with one attached hydrogen (secondary N) is 2. The second-order valence-electron chi connectivity index (χ2n) is 4.54. The number of aromatic nitrogens is 2. The number of hydrazine groups is 1. The first-order valence-corrected chi connectivity index (χ1v) is 6.95. The molecule has 1 fully saturated rings. The molecule has 6 heteroatoms. The van der Waals surface area contributed by atoms with Crippen LogP contribution in [-0.4, -0.2) is 27.1 Å². The van der Waals surface area contributed by atoms with Gasteiger partial charge in [0.25, 0.3) is 5.56 Å². The van der Waals surface area contributed by atoms with E-state index in [4.69, 9.17) is 0 Å². The van der Waals surface area contributed by atoms with E-state index in [1.807, 2.05) is 22.6 Å². The van der Waals surface area contributed by atoms with Gasteiger partial charge in [-0.2, -0.15) is 0 Å². The van der Waals surface area contributed by atoms with E-state index >= 15 is 0 Å². The molecule has 17 heavy (non-hydrogen) atoms. The van der Waals surface area contributed by atoms with Gasteiger partial charge in [-0.3, -0.25) is 4.79 Å². The molecule has 2 atom stereocenters. The first-order chi connectivity index (χ1) is 8.09. The fourth-order valence-corrected chi connectivity index (χ4v) is 2.64. The Morgan fingerprint density at radius 2 is 2.12 bits per heavy atom. The molecule has 0 radical (unpaired) electrons. The molecular weight excluding hydrogens is 331 g/mol. The molecule has 1 aromatic heterocycles. The summed E-state index contributed by atoms with van der Waals surface area (Å²) < 4.78 is 0.607. The van der Waals surface area contributed by atoms with Gasteiger partial charge in [-0.15, -0.1) is 0 Å². The van der Waals surface area contributed by atoms with E-state index in [9.17, 15) is 4.79 Å². The molecule has 1 aliphatic rings. The number of hydrogen-bond acceptors (Lipinski definition) is 4. The number of anilines is 1. The van der Waals surface area contributed by atoms with E-state index in [2.05, 4.69) is 34.3 Å². The smallest absolute Gasteiger partial charge is 0.266 e. The minimum Gasteiger partial charge on any atom is -0.312 e. The molecule has 5 nitrogen and oxygen atoms in total. The third-order valence-electron chi connectivity index (χ3n) is 3.23. The monoisotopic (exact) mass is 348 g/mol. The molecule has 2 rings (SSSR count). The van der Waals surface area contributed by atoms with Crippen LogP contribution in [0.3, 0.4) is 0 Å². The topological polar surface area (TPSA) is 61.0 Å². The zero-order valence-electron chi connectivity index (χ0n) is 10.0. The Balaban J connectivity index is 2.19. The summed E-state index contributed by atoms with van der Waals surface area (Å²) in [5.41, 5.74) is 3.19. The van der Waals surface area contributed by atoms with Crippen LogP contribution in [0.1, 0.15) is 33.1 Å². The van der Waals surface area contributed by atoms with E-state index in [1.165, 1.54) is 25.6 Å². The molecule has 2 heterocycles. The van der Waals surface area contributed by atoms with E-state index in [0.717, 1.165) is 0 Å². The lowest BCUT2D eigenvalue weighted by atomic mass is 10.00. The quantitative estimate of drug-likeness (QED) is 0.803. The molecule has 0 aromatic carbocycles. The standard InChI is InChI=1S/C11H17IN4O/c1-7-4-3-5-8(2)16(7)15-10-9(12)11(17)14-6-13-10/h6-8H,3-5H2,1-2H3,(H2,13,14,15,17). The summed E-state index contributed by atoms with van der Waals surface area (Å²) in [6.07, 6.45) is 5.06. The lowest BCUT2D eigenvalue weighted by Gasteiger charge is -2.39. The first kappa shape index (κ1) is 12.8. The Morgan fingerprint density at radius 1 is 1.47 bits per heavy atom. The molecule has 1 aliphatic heterocycles. The molecule has 0 saturated carbocycles. The van der Waals surface area contributed by atoms with E-state index in [1.54, 1.807) is 0 Å². The van der Waals surface area contributed by atoms with Crippen molar-refractivity contribution in [1.29, 1.82) is 0 Å². The minimum absolute atomic E-state index is 0.0968. The van der Waals surface area contributed by atoms with Crippen LogP contribution in [0, 0.1) is 3.57 Å². The highest BCUT2D eigenvalue weighted by Gasteiger charge is 2.25. The van der Waals surface area contributed by atoms with Crippen molar-refractivity contribution in [3.05, 3.63) is 20.3 Å². The van der Waals surface area contributed by atoms with Crippen molar-refractivity contribution >= 4 is 28.4 Å². The van der Waals surface area contributed by atoms with Crippen molar-refractivity contribution in [2.45, 2.75) is 45.2 Å². The van der Waals surface area contributed by atoms with Crippen molar-refractivity contribution in [3.63, 3.8) is 0 Å². The largest absolute Gasteiger partial charge is 0.312 e. The van der Waals surface area contributed by atoms with Gasteiger partial charge in [-0.25, -0.2) is 9.99 Å². The number of halogens is 1. The summed E-state index contributed by atoms with van der Waals surface area (Å²) in [4.78, 5) is 18.2. The van der Waals surface area contributed by atoms with E-state index in [-0.39, 0.29) is 5.56 Å². The molecular formula is C11H17IN4O. The molecule has 1 aromatic rings. The summed E-state index contributed by atoms with van der Waals surface area (Å²) in [5.74, 6) is 0.648. The van der Waals surface area contributed by atoms with Crippen LogP contribution in [0.5, 0.6) is 0 Å². The van der Waals surface area contributed by atoms with Crippen LogP contribution in [0.4, 0.5) is 5.82 Å². The molecule has 0 aliphatic carbocycles. The first-order valence-electron chi connectivity index (χ1n) is 5.87. The van der Waals surface area contributed by atoms with Crippen LogP contribution in [-0.2, 0) is 0 Å². The second kappa shape index (κ2) is 5.34. The highest BCUT2D eigenvalue weighted by atomic mass is 127. The molecule has 94 valence electrons. The van der Waals surface area contributed by atoms with E-state index < -0.39 is 0 Å². The maximum absolute atomic E-state index is 11.5. The van der Waals surface area contributed by atoms with Gasteiger partial charge in [0.1, 0.15) is 3.57 Å². The van der Waals surface area contributed by atoms with Gasteiger partial charge in [0.15, 0.2) is 5.82 Å². The highest BCUT2D eigenvalue weighted by Crippen LogP contribution is 2.23. The fraction of sp³-hybridized carbons (Fsp3) is 0.636. The Morgan fingerprint density at radius 3 is 2.76 bits per heavy atom. The minimum atomic E-state index is -0.0968. The zero-order chi connectivity index (χ0) is 12.4. The summed E-state index contributed by atoms with van der Waals surface area (Å²) in [5, 5.41) is 2.20. The van der Waals surface area contributed by atoms with Crippen LogP contribution in [0.25, 0.3) is 0 Å². The normalized spacial score (nSPS) is 25.8. The lowest BCUT2D eigenvalue weighted by molar-refractivity contribution is 0.135. The molecule has 0 spiro atoms. The van der Waals surface area contributed by atoms with E-state index in [0.29, 0.717) is 21.5 Å². The van der Waals surface area contributed by atoms with Gasteiger partial charge in [-0.05, 0) is 49.3 Å². The van der Waals surface area contributed by atoms with Gasteiger partial charge in [0.05, 0.1) is 6.33 Å². The average molecular weight is 348 g/mol. The molecule has 2 N–H and O–H groups in total. The van der Waals surface area contributed by atoms with Crippen LogP contribution >= 0.6 is 22.6 Å². The Hall–Kier alpha value is -0.630. The maximum atomic E-state index is 11.5. The van der Waals surface area contributed by atoms with Gasteiger partial charge >= 0.3 is 0 Å². The highest BCUT2D eigenvalue weighted by molar-refractivity contribution is 14.1. The number of rotatable bonds is 2. The summed E-state index contributed by atoms with van der Waals surface area (Å²) in [6, 6.07) is 0.936. The number of hydrogen-bond donors (Lipinski definition) is 2. The SMILES string of the molecule is CC1CCCC(C)N1Nc1nc[nH]c(=O)c1I. The summed E-state index contributed by atoms with van der Waals surface area (Å²) in [6.45, 7) is 4.39. The van der Waals surface area contributed by atoms with Gasteiger partial charge in [0.2, 0.25) is 0 Å². The van der Waals surface area contributed by atoms with Crippen molar-refractivity contribution in [3.8, 4) is 0 Å². The number of nitrogens with zero attached hydrogens (tertiary/aromatic N) is 2. The second-order valence-corrected chi connectivity index (χ2v) is 5.62. The van der Waals surface area contributed by atoms with Gasteiger partial charge in [-0.1, -0.05) is 6.42 Å². The number of piperidine rings is 1. The van der Waals surface area contributed by atoms with Crippen LogP contribution in [0.2, 0.25) is 0 Å².